The van der Waals surface area contributed by atoms with Crippen molar-refractivity contribution < 1.29 is 9.53 Å². The molecule has 0 aliphatic heterocycles. The average Bonchev–Trinajstić information content (AvgIpc) is 3.05. The molecule has 1 fully saturated rings. The van der Waals surface area contributed by atoms with Gasteiger partial charge in [-0.1, -0.05) is 28.1 Å². The normalized spacial score (nSPS) is 26.6. The lowest BCUT2D eigenvalue weighted by atomic mass is 9.93. The fourth-order valence-electron chi connectivity index (χ4n) is 2.47. The first-order valence-electron chi connectivity index (χ1n) is 5.64. The molecule has 2 rings (SSSR count). The molecule has 0 saturated heterocycles. The summed E-state index contributed by atoms with van der Waals surface area (Å²) in [4.78, 5) is 12.0. The van der Waals surface area contributed by atoms with Gasteiger partial charge in [0.2, 0.25) is 0 Å². The Morgan fingerprint density at radius 1 is 1.53 bits per heavy atom. The molecule has 0 spiro atoms. The lowest BCUT2D eigenvalue weighted by Gasteiger charge is -2.15. The Bertz CT molecular complexity index is 418. The highest BCUT2D eigenvalue weighted by Gasteiger charge is 2.61. The molecular weight excluding hydrogens is 282 g/mol. The number of nitrogens with one attached hydrogen (secondary N) is 1. The number of carbonyl (C=O) groups excluding carboxylic acids is 1. The van der Waals surface area contributed by atoms with Gasteiger partial charge in [-0.25, -0.2) is 0 Å². The van der Waals surface area contributed by atoms with Crippen molar-refractivity contribution in [2.75, 3.05) is 20.7 Å². The largest absolute Gasteiger partial charge is 0.468 e. The summed E-state index contributed by atoms with van der Waals surface area (Å²) >= 11 is 3.40. The third-order valence-electron chi connectivity index (χ3n) is 3.46. The monoisotopic (exact) mass is 297 g/mol. The molecule has 4 heteroatoms. The summed E-state index contributed by atoms with van der Waals surface area (Å²) in [5.74, 6) is 0.209. The Morgan fingerprint density at radius 3 is 2.71 bits per heavy atom. The molecule has 0 unspecified atom stereocenters. The van der Waals surface area contributed by atoms with Crippen LogP contribution in [-0.2, 0) is 14.9 Å². The van der Waals surface area contributed by atoms with E-state index in [1.165, 1.54) is 7.11 Å². The summed E-state index contributed by atoms with van der Waals surface area (Å²) in [7, 11) is 3.36. The highest BCUT2D eigenvalue weighted by molar-refractivity contribution is 9.10. The smallest absolute Gasteiger partial charge is 0.316 e. The molecule has 2 atom stereocenters. The standard InChI is InChI=1S/C13H16BrNO2/c1-15-8-10-7-13(10,12(16)17-2)9-3-5-11(14)6-4-9/h3-6,10,15H,7-8H2,1-2H3/t10-,13-/m0/s1. The highest BCUT2D eigenvalue weighted by atomic mass is 79.9. The maximum Gasteiger partial charge on any atom is 0.316 e. The molecule has 0 aromatic heterocycles. The van der Waals surface area contributed by atoms with Crippen molar-refractivity contribution in [1.82, 2.24) is 5.32 Å². The molecule has 1 aliphatic carbocycles. The summed E-state index contributed by atoms with van der Waals surface area (Å²) in [5, 5.41) is 3.13. The Hall–Kier alpha value is -0.870. The van der Waals surface area contributed by atoms with E-state index in [1.807, 2.05) is 31.3 Å². The number of carbonyl (C=O) groups is 1. The van der Waals surface area contributed by atoms with Gasteiger partial charge in [-0.15, -0.1) is 0 Å². The predicted molar refractivity (Wildman–Crippen MR) is 69.9 cm³/mol. The van der Waals surface area contributed by atoms with E-state index in [0.29, 0.717) is 5.92 Å². The van der Waals surface area contributed by atoms with Gasteiger partial charge >= 0.3 is 5.97 Å². The molecule has 3 nitrogen and oxygen atoms in total. The summed E-state index contributed by atoms with van der Waals surface area (Å²) in [6, 6.07) is 7.93. The van der Waals surface area contributed by atoms with E-state index >= 15 is 0 Å². The summed E-state index contributed by atoms with van der Waals surface area (Å²) in [6.45, 7) is 0.838. The quantitative estimate of drug-likeness (QED) is 0.865. The minimum absolute atomic E-state index is 0.125. The van der Waals surface area contributed by atoms with Crippen LogP contribution in [0.15, 0.2) is 28.7 Å². The van der Waals surface area contributed by atoms with Gasteiger partial charge in [0.15, 0.2) is 0 Å². The Morgan fingerprint density at radius 2 is 2.18 bits per heavy atom. The van der Waals surface area contributed by atoms with Crippen LogP contribution in [0.2, 0.25) is 0 Å². The number of esters is 1. The van der Waals surface area contributed by atoms with Crippen LogP contribution < -0.4 is 5.32 Å². The first kappa shape index (κ1) is 12.6. The fourth-order valence-corrected chi connectivity index (χ4v) is 2.74. The lowest BCUT2D eigenvalue weighted by molar-refractivity contribution is -0.144. The number of methoxy groups -OCH3 is 1. The maximum atomic E-state index is 12.0. The van der Waals surface area contributed by atoms with Crippen molar-refractivity contribution >= 4 is 21.9 Å². The van der Waals surface area contributed by atoms with Gasteiger partial charge in [-0.05, 0) is 43.6 Å². The molecule has 1 aromatic carbocycles. The van der Waals surface area contributed by atoms with Crippen LogP contribution in [0.4, 0.5) is 0 Å². The van der Waals surface area contributed by atoms with Crippen LogP contribution in [0, 0.1) is 5.92 Å². The van der Waals surface area contributed by atoms with Gasteiger partial charge in [0.25, 0.3) is 0 Å². The van der Waals surface area contributed by atoms with Crippen molar-refractivity contribution in [3.63, 3.8) is 0 Å². The zero-order valence-electron chi connectivity index (χ0n) is 10.00. The molecule has 92 valence electrons. The first-order chi connectivity index (χ1) is 8.15. The molecule has 0 bridgehead atoms. The number of benzene rings is 1. The molecule has 1 aromatic rings. The highest BCUT2D eigenvalue weighted by Crippen LogP contribution is 2.54. The third-order valence-corrected chi connectivity index (χ3v) is 3.99. The zero-order valence-corrected chi connectivity index (χ0v) is 11.6. The summed E-state index contributed by atoms with van der Waals surface area (Å²) < 4.78 is 5.98. The molecule has 17 heavy (non-hydrogen) atoms. The van der Waals surface area contributed by atoms with Gasteiger partial charge in [0, 0.05) is 4.47 Å². The molecule has 1 saturated carbocycles. The van der Waals surface area contributed by atoms with E-state index in [9.17, 15) is 4.79 Å². The van der Waals surface area contributed by atoms with Crippen molar-refractivity contribution in [2.45, 2.75) is 11.8 Å². The molecule has 0 radical (unpaired) electrons. The number of rotatable bonds is 4. The zero-order chi connectivity index (χ0) is 12.5. The van der Waals surface area contributed by atoms with Gasteiger partial charge < -0.3 is 10.1 Å². The fraction of sp³-hybridized carbons (Fsp3) is 0.462. The number of hydrogen-bond donors (Lipinski definition) is 1. The van der Waals surface area contributed by atoms with Crippen LogP contribution in [0.3, 0.4) is 0 Å². The van der Waals surface area contributed by atoms with Crippen LogP contribution in [-0.4, -0.2) is 26.7 Å². The Labute approximate surface area is 110 Å². The summed E-state index contributed by atoms with van der Waals surface area (Å²) in [5.41, 5.74) is 0.617. The summed E-state index contributed by atoms with van der Waals surface area (Å²) in [6.07, 6.45) is 0.863. The number of hydrogen-bond acceptors (Lipinski definition) is 3. The second-order valence-electron chi connectivity index (χ2n) is 4.43. The molecular formula is C13H16BrNO2. The predicted octanol–water partition coefficient (Wildman–Crippen LogP) is 2.10. The van der Waals surface area contributed by atoms with Gasteiger partial charge in [0.05, 0.1) is 12.5 Å². The van der Waals surface area contributed by atoms with E-state index in [0.717, 1.165) is 23.0 Å². The topological polar surface area (TPSA) is 38.3 Å². The van der Waals surface area contributed by atoms with Crippen molar-refractivity contribution in [1.29, 1.82) is 0 Å². The first-order valence-corrected chi connectivity index (χ1v) is 6.43. The van der Waals surface area contributed by atoms with E-state index in [2.05, 4.69) is 21.2 Å². The van der Waals surface area contributed by atoms with Crippen molar-refractivity contribution in [3.05, 3.63) is 34.3 Å². The minimum atomic E-state index is -0.432. The minimum Gasteiger partial charge on any atom is -0.468 e. The molecule has 0 amide bonds. The second kappa shape index (κ2) is 4.78. The maximum absolute atomic E-state index is 12.0. The second-order valence-corrected chi connectivity index (χ2v) is 5.34. The van der Waals surface area contributed by atoms with Gasteiger partial charge in [-0.2, -0.15) is 0 Å². The van der Waals surface area contributed by atoms with E-state index < -0.39 is 5.41 Å². The van der Waals surface area contributed by atoms with E-state index in [4.69, 9.17) is 4.74 Å². The van der Waals surface area contributed by atoms with Crippen LogP contribution in [0.25, 0.3) is 0 Å². The van der Waals surface area contributed by atoms with Crippen molar-refractivity contribution in [2.24, 2.45) is 5.92 Å². The SMILES string of the molecule is CNC[C@@H]1C[C@]1(C(=O)OC)c1ccc(Br)cc1. The Kier molecular flexibility index (Phi) is 3.54. The van der Waals surface area contributed by atoms with Gasteiger partial charge in [-0.3, -0.25) is 4.79 Å². The Balaban J connectivity index is 2.30. The van der Waals surface area contributed by atoms with Crippen LogP contribution in [0.5, 0.6) is 0 Å². The molecule has 1 aliphatic rings. The average molecular weight is 298 g/mol. The number of halogens is 1. The van der Waals surface area contributed by atoms with Gasteiger partial charge in [0.1, 0.15) is 0 Å². The molecule has 1 N–H and O–H groups in total. The van der Waals surface area contributed by atoms with Crippen LogP contribution >= 0.6 is 15.9 Å². The van der Waals surface area contributed by atoms with E-state index in [-0.39, 0.29) is 5.97 Å². The van der Waals surface area contributed by atoms with Crippen LogP contribution in [0.1, 0.15) is 12.0 Å². The van der Waals surface area contributed by atoms with Crippen molar-refractivity contribution in [3.8, 4) is 0 Å². The molecule has 0 heterocycles. The number of ether oxygens (including phenoxy) is 1. The lowest BCUT2D eigenvalue weighted by Crippen LogP contribution is -2.27. The third kappa shape index (κ3) is 2.11. The van der Waals surface area contributed by atoms with E-state index in [1.54, 1.807) is 0 Å².